The maximum Gasteiger partial charge on any atom is 0.353 e. The summed E-state index contributed by atoms with van der Waals surface area (Å²) in [6, 6.07) is 12.8. The lowest BCUT2D eigenvalue weighted by Crippen LogP contribution is -2.36. The molecule has 2 N–H and O–H groups in total. The Balaban J connectivity index is 1.52. The van der Waals surface area contributed by atoms with Crippen LogP contribution in [0.3, 0.4) is 0 Å². The van der Waals surface area contributed by atoms with Crippen molar-refractivity contribution in [1.82, 2.24) is 10.2 Å². The van der Waals surface area contributed by atoms with Crippen LogP contribution in [0.4, 0.5) is 5.69 Å². The van der Waals surface area contributed by atoms with Gasteiger partial charge in [-0.15, -0.1) is 0 Å². The third kappa shape index (κ3) is 4.41. The van der Waals surface area contributed by atoms with Gasteiger partial charge in [0.15, 0.2) is 0 Å². The average molecular weight is 445 g/mol. The van der Waals surface area contributed by atoms with E-state index >= 15 is 0 Å². The third-order valence-electron chi connectivity index (χ3n) is 5.66. The highest BCUT2D eigenvalue weighted by Crippen LogP contribution is 2.35. The van der Waals surface area contributed by atoms with Crippen LogP contribution in [0.5, 0.6) is 0 Å². The second-order valence-corrected chi connectivity index (χ2v) is 7.93. The molecule has 3 amide bonds. The normalized spacial score (nSPS) is 14.3. The first kappa shape index (κ1) is 22.0. The van der Waals surface area contributed by atoms with E-state index in [4.69, 9.17) is 0 Å². The van der Waals surface area contributed by atoms with Gasteiger partial charge in [0.1, 0.15) is 11.4 Å². The summed E-state index contributed by atoms with van der Waals surface area (Å²) in [5, 5.41) is 5.21. The van der Waals surface area contributed by atoms with Crippen LogP contribution in [-0.2, 0) is 25.7 Å². The van der Waals surface area contributed by atoms with Crippen LogP contribution < -0.4 is 10.6 Å². The Morgan fingerprint density at radius 3 is 2.33 bits per heavy atom. The van der Waals surface area contributed by atoms with E-state index in [2.05, 4.69) is 28.5 Å². The number of nitrogens with zero attached hydrogens (tertiary/aromatic N) is 1. The Hall–Kier alpha value is -4.20. The van der Waals surface area contributed by atoms with E-state index in [-0.39, 0.29) is 35.7 Å². The summed E-state index contributed by atoms with van der Waals surface area (Å²) in [7, 11) is 1.17. The summed E-state index contributed by atoms with van der Waals surface area (Å²) in [6.07, 6.45) is 1.87. The van der Waals surface area contributed by atoms with Gasteiger partial charge >= 0.3 is 5.97 Å². The summed E-state index contributed by atoms with van der Waals surface area (Å²) < 4.78 is 4.51. The molecule has 0 unspecified atom stereocenters. The van der Waals surface area contributed by atoms with Gasteiger partial charge in [-0.25, -0.2) is 4.79 Å². The molecule has 0 radical (unpaired) electrons. The number of amides is 3. The van der Waals surface area contributed by atoms with Gasteiger partial charge < -0.3 is 15.4 Å². The van der Waals surface area contributed by atoms with E-state index in [1.165, 1.54) is 12.0 Å². The van der Waals surface area contributed by atoms with Gasteiger partial charge in [0.25, 0.3) is 11.8 Å². The molecule has 8 heteroatoms. The smallest absolute Gasteiger partial charge is 0.353 e. The van der Waals surface area contributed by atoms with Crippen LogP contribution in [0.1, 0.15) is 28.8 Å². The number of methoxy groups -OCH3 is 1. The molecule has 1 saturated carbocycles. The fourth-order valence-electron chi connectivity index (χ4n) is 3.65. The zero-order valence-electron chi connectivity index (χ0n) is 18.1. The SMILES string of the molecule is C=C(NC(=O)C(=C)N1Cc2c(cccc2-c2ccc(NC(=O)C3CC3)cc2)C1=O)C(=O)OC. The van der Waals surface area contributed by atoms with E-state index in [1.807, 2.05) is 30.3 Å². The number of nitrogens with one attached hydrogen (secondary N) is 2. The average Bonchev–Trinajstić information content (AvgIpc) is 3.62. The van der Waals surface area contributed by atoms with Gasteiger partial charge in [0, 0.05) is 17.2 Å². The Labute approximate surface area is 190 Å². The molecule has 0 spiro atoms. The molecule has 0 bridgehead atoms. The maximum absolute atomic E-state index is 13.0. The molecule has 1 aliphatic carbocycles. The second-order valence-electron chi connectivity index (χ2n) is 7.93. The molecular weight excluding hydrogens is 422 g/mol. The van der Waals surface area contributed by atoms with Crippen LogP contribution in [0, 0.1) is 5.92 Å². The summed E-state index contributed by atoms with van der Waals surface area (Å²) >= 11 is 0. The van der Waals surface area contributed by atoms with Crippen LogP contribution in [-0.4, -0.2) is 35.7 Å². The minimum atomic E-state index is -0.786. The van der Waals surface area contributed by atoms with Gasteiger partial charge in [-0.1, -0.05) is 37.4 Å². The summed E-state index contributed by atoms with van der Waals surface area (Å²) in [5.74, 6) is -1.70. The van der Waals surface area contributed by atoms with E-state index < -0.39 is 11.9 Å². The predicted octanol–water partition coefficient (Wildman–Crippen LogP) is 2.97. The molecule has 4 rings (SSSR count). The van der Waals surface area contributed by atoms with Crippen molar-refractivity contribution in [1.29, 1.82) is 0 Å². The summed E-state index contributed by atoms with van der Waals surface area (Å²) in [6.45, 7) is 7.33. The van der Waals surface area contributed by atoms with E-state index in [1.54, 1.807) is 12.1 Å². The van der Waals surface area contributed by atoms with Crippen molar-refractivity contribution in [3.8, 4) is 11.1 Å². The van der Waals surface area contributed by atoms with Gasteiger partial charge in [0.05, 0.1) is 13.7 Å². The monoisotopic (exact) mass is 445 g/mol. The zero-order chi connectivity index (χ0) is 23.7. The standard InChI is InChI=1S/C25H23N3O5/c1-14(25(32)33-3)26-22(29)15(2)28-13-21-19(5-4-6-20(21)24(28)31)16-9-11-18(12-10-16)27-23(30)17-7-8-17/h4-6,9-12,17H,1-2,7-8,13H2,3H3,(H,26,29)(H,27,30). The van der Waals surface area contributed by atoms with Crippen molar-refractivity contribution in [2.24, 2.45) is 5.92 Å². The molecular formula is C25H23N3O5. The Kier molecular flexibility index (Phi) is 5.83. The molecule has 168 valence electrons. The van der Waals surface area contributed by atoms with Crippen LogP contribution >= 0.6 is 0 Å². The molecule has 33 heavy (non-hydrogen) atoms. The van der Waals surface area contributed by atoms with Gasteiger partial charge in [-0.3, -0.25) is 19.3 Å². The largest absolute Gasteiger partial charge is 0.464 e. The van der Waals surface area contributed by atoms with Crippen LogP contribution in [0.25, 0.3) is 11.1 Å². The molecule has 1 aliphatic heterocycles. The summed E-state index contributed by atoms with van der Waals surface area (Å²) in [5.41, 5.74) is 3.32. The first-order valence-corrected chi connectivity index (χ1v) is 10.4. The van der Waals surface area contributed by atoms with Crippen LogP contribution in [0.15, 0.2) is 67.0 Å². The molecule has 0 saturated heterocycles. The number of benzene rings is 2. The number of hydrogen-bond acceptors (Lipinski definition) is 5. The highest BCUT2D eigenvalue weighted by molar-refractivity contribution is 6.08. The lowest BCUT2D eigenvalue weighted by Gasteiger charge is -2.18. The van der Waals surface area contributed by atoms with Crippen molar-refractivity contribution in [2.45, 2.75) is 19.4 Å². The lowest BCUT2D eigenvalue weighted by atomic mass is 9.97. The van der Waals surface area contributed by atoms with Crippen molar-refractivity contribution < 1.29 is 23.9 Å². The molecule has 2 aliphatic rings. The number of carbonyl (C=O) groups excluding carboxylic acids is 4. The third-order valence-corrected chi connectivity index (χ3v) is 5.66. The topological polar surface area (TPSA) is 105 Å². The number of hydrogen-bond donors (Lipinski definition) is 2. The van der Waals surface area contributed by atoms with Gasteiger partial charge in [0.2, 0.25) is 5.91 Å². The van der Waals surface area contributed by atoms with E-state index in [0.717, 1.165) is 35.2 Å². The molecule has 0 atom stereocenters. The number of esters is 1. The zero-order valence-corrected chi connectivity index (χ0v) is 18.1. The molecule has 1 heterocycles. The fraction of sp³-hybridized carbons (Fsp3) is 0.200. The maximum atomic E-state index is 13.0. The lowest BCUT2D eigenvalue weighted by molar-refractivity contribution is -0.137. The van der Waals surface area contributed by atoms with Gasteiger partial charge in [-0.2, -0.15) is 0 Å². The van der Waals surface area contributed by atoms with Crippen molar-refractivity contribution in [3.63, 3.8) is 0 Å². The Bertz CT molecular complexity index is 1200. The quantitative estimate of drug-likeness (QED) is 0.504. The molecule has 0 aromatic heterocycles. The minimum Gasteiger partial charge on any atom is -0.464 e. The summed E-state index contributed by atoms with van der Waals surface area (Å²) in [4.78, 5) is 50.2. The first-order chi connectivity index (χ1) is 15.8. The van der Waals surface area contributed by atoms with E-state index in [0.29, 0.717) is 5.56 Å². The van der Waals surface area contributed by atoms with Crippen LogP contribution in [0.2, 0.25) is 0 Å². The number of ether oxygens (including phenoxy) is 1. The molecule has 2 aromatic carbocycles. The number of anilines is 1. The highest BCUT2D eigenvalue weighted by atomic mass is 16.5. The molecule has 8 nitrogen and oxygen atoms in total. The number of fused-ring (bicyclic) bond motifs is 1. The number of rotatable bonds is 7. The van der Waals surface area contributed by atoms with Gasteiger partial charge in [-0.05, 0) is 47.7 Å². The minimum absolute atomic E-state index is 0.0382. The first-order valence-electron chi connectivity index (χ1n) is 10.4. The molecule has 2 aromatic rings. The van der Waals surface area contributed by atoms with Crippen molar-refractivity contribution in [3.05, 3.63) is 78.1 Å². The number of carbonyl (C=O) groups is 4. The van der Waals surface area contributed by atoms with Crippen molar-refractivity contribution >= 4 is 29.4 Å². The Morgan fingerprint density at radius 2 is 1.70 bits per heavy atom. The highest BCUT2D eigenvalue weighted by Gasteiger charge is 2.34. The Morgan fingerprint density at radius 1 is 1.03 bits per heavy atom. The predicted molar refractivity (Wildman–Crippen MR) is 122 cm³/mol. The van der Waals surface area contributed by atoms with Crippen molar-refractivity contribution in [2.75, 3.05) is 12.4 Å². The second kappa shape index (κ2) is 8.74. The fourth-order valence-corrected chi connectivity index (χ4v) is 3.65. The molecule has 1 fully saturated rings. The van der Waals surface area contributed by atoms with E-state index in [9.17, 15) is 19.2 Å².